The lowest BCUT2D eigenvalue weighted by Crippen LogP contribution is -2.50. The number of likely N-dealkylation sites (N-methyl/N-ethyl adjacent to an activating group) is 1. The van der Waals surface area contributed by atoms with Crippen LogP contribution < -0.4 is 5.32 Å². The number of ether oxygens (including phenoxy) is 1. The first-order valence-corrected chi connectivity index (χ1v) is 8.10. The molecule has 1 heterocycles. The van der Waals surface area contributed by atoms with Gasteiger partial charge in [0.05, 0.1) is 12.7 Å². The zero-order chi connectivity index (χ0) is 12.1. The molecule has 1 saturated carbocycles. The Morgan fingerprint density at radius 2 is 2.29 bits per heavy atom. The first-order chi connectivity index (χ1) is 8.28. The van der Waals surface area contributed by atoms with E-state index in [-0.39, 0.29) is 0 Å². The van der Waals surface area contributed by atoms with Crippen LogP contribution in [0.3, 0.4) is 0 Å². The highest BCUT2D eigenvalue weighted by Gasteiger charge is 2.35. The molecule has 100 valence electrons. The van der Waals surface area contributed by atoms with E-state index >= 15 is 0 Å². The highest BCUT2D eigenvalue weighted by molar-refractivity contribution is 8.00. The van der Waals surface area contributed by atoms with Crippen LogP contribution in [-0.4, -0.2) is 61.3 Å². The molecule has 2 fully saturated rings. The SMILES string of the molecule is CCN1CCOC(CNCC2(SC)CCC2)C1. The lowest BCUT2D eigenvalue weighted by molar-refractivity contribution is -0.0255. The van der Waals surface area contributed by atoms with Crippen LogP contribution >= 0.6 is 11.8 Å². The molecule has 17 heavy (non-hydrogen) atoms. The van der Waals surface area contributed by atoms with Crippen LogP contribution in [-0.2, 0) is 4.74 Å². The van der Waals surface area contributed by atoms with Crippen molar-refractivity contribution >= 4 is 11.8 Å². The second-order valence-electron chi connectivity index (χ2n) is 5.26. The van der Waals surface area contributed by atoms with Gasteiger partial charge in [-0.15, -0.1) is 0 Å². The predicted molar refractivity (Wildman–Crippen MR) is 74.8 cm³/mol. The molecule has 1 atom stereocenters. The fourth-order valence-corrected chi connectivity index (χ4v) is 3.62. The Hall–Kier alpha value is 0.230. The summed E-state index contributed by atoms with van der Waals surface area (Å²) in [5, 5.41) is 3.62. The van der Waals surface area contributed by atoms with Gasteiger partial charge in [0.25, 0.3) is 0 Å². The Morgan fingerprint density at radius 3 is 2.88 bits per heavy atom. The number of nitrogens with zero attached hydrogens (tertiary/aromatic N) is 1. The molecule has 0 spiro atoms. The number of hydrogen-bond acceptors (Lipinski definition) is 4. The molecule has 0 aromatic heterocycles. The normalized spacial score (nSPS) is 28.9. The van der Waals surface area contributed by atoms with E-state index in [1.54, 1.807) is 0 Å². The van der Waals surface area contributed by atoms with Gasteiger partial charge in [-0.2, -0.15) is 11.8 Å². The molecule has 0 aromatic carbocycles. The third-order valence-electron chi connectivity index (χ3n) is 4.19. The summed E-state index contributed by atoms with van der Waals surface area (Å²) in [4.78, 5) is 2.48. The number of morpholine rings is 1. The van der Waals surface area contributed by atoms with Gasteiger partial charge >= 0.3 is 0 Å². The Kier molecular flexibility index (Phi) is 5.15. The van der Waals surface area contributed by atoms with Crippen molar-refractivity contribution in [1.29, 1.82) is 0 Å². The standard InChI is InChI=1S/C13H26N2OS/c1-3-15-7-8-16-12(10-15)9-14-11-13(17-2)5-4-6-13/h12,14H,3-11H2,1-2H3. The zero-order valence-corrected chi connectivity index (χ0v) is 12.0. The van der Waals surface area contributed by atoms with E-state index in [1.807, 2.05) is 11.8 Å². The molecule has 1 aliphatic carbocycles. The molecular formula is C13H26N2OS. The van der Waals surface area contributed by atoms with Gasteiger partial charge in [0, 0.05) is 30.9 Å². The Labute approximate surface area is 110 Å². The fraction of sp³-hybridized carbons (Fsp3) is 1.00. The van der Waals surface area contributed by atoms with E-state index in [2.05, 4.69) is 23.4 Å². The largest absolute Gasteiger partial charge is 0.374 e. The molecule has 1 unspecified atom stereocenters. The average molecular weight is 258 g/mol. The first-order valence-electron chi connectivity index (χ1n) is 6.88. The molecule has 1 aliphatic heterocycles. The molecule has 0 aromatic rings. The van der Waals surface area contributed by atoms with Crippen molar-refractivity contribution in [3.63, 3.8) is 0 Å². The molecular weight excluding hydrogens is 232 g/mol. The van der Waals surface area contributed by atoms with E-state index < -0.39 is 0 Å². The molecule has 1 saturated heterocycles. The highest BCUT2D eigenvalue weighted by atomic mass is 32.2. The quantitative estimate of drug-likeness (QED) is 0.782. The summed E-state index contributed by atoms with van der Waals surface area (Å²) >= 11 is 2.04. The predicted octanol–water partition coefficient (Wildman–Crippen LogP) is 1.58. The molecule has 2 rings (SSSR count). The minimum absolute atomic E-state index is 0.391. The van der Waals surface area contributed by atoms with Crippen LogP contribution in [0.5, 0.6) is 0 Å². The molecule has 0 bridgehead atoms. The van der Waals surface area contributed by atoms with Crippen molar-refractivity contribution in [3.05, 3.63) is 0 Å². The molecule has 3 nitrogen and oxygen atoms in total. The van der Waals surface area contributed by atoms with Gasteiger partial charge in [-0.1, -0.05) is 13.3 Å². The molecule has 0 radical (unpaired) electrons. The van der Waals surface area contributed by atoms with E-state index in [9.17, 15) is 0 Å². The number of nitrogens with one attached hydrogen (secondary N) is 1. The van der Waals surface area contributed by atoms with Crippen molar-refractivity contribution in [2.75, 3.05) is 45.6 Å². The number of thioether (sulfide) groups is 1. The van der Waals surface area contributed by atoms with Gasteiger partial charge in [-0.25, -0.2) is 0 Å². The summed E-state index contributed by atoms with van der Waals surface area (Å²) in [7, 11) is 0. The summed E-state index contributed by atoms with van der Waals surface area (Å²) in [5.41, 5.74) is 0. The average Bonchev–Trinajstić information content (AvgIpc) is 2.33. The number of rotatable bonds is 6. The minimum atomic E-state index is 0.391. The van der Waals surface area contributed by atoms with E-state index in [4.69, 9.17) is 4.74 Å². The van der Waals surface area contributed by atoms with Crippen molar-refractivity contribution in [2.24, 2.45) is 0 Å². The van der Waals surface area contributed by atoms with Gasteiger partial charge in [-0.3, -0.25) is 4.90 Å². The van der Waals surface area contributed by atoms with Gasteiger partial charge in [0.15, 0.2) is 0 Å². The topological polar surface area (TPSA) is 24.5 Å². The van der Waals surface area contributed by atoms with Crippen molar-refractivity contribution in [3.8, 4) is 0 Å². The fourth-order valence-electron chi connectivity index (χ4n) is 2.68. The molecule has 2 aliphatic rings. The summed E-state index contributed by atoms with van der Waals surface area (Å²) in [6.45, 7) is 8.63. The Bertz CT molecular complexity index is 228. The minimum Gasteiger partial charge on any atom is -0.374 e. The Balaban J connectivity index is 1.64. The lowest BCUT2D eigenvalue weighted by Gasteiger charge is -2.41. The van der Waals surface area contributed by atoms with E-state index in [0.29, 0.717) is 10.9 Å². The first kappa shape index (κ1) is 13.7. The third-order valence-corrected chi connectivity index (χ3v) is 5.61. The smallest absolute Gasteiger partial charge is 0.0826 e. The Morgan fingerprint density at radius 1 is 1.47 bits per heavy atom. The van der Waals surface area contributed by atoms with Crippen molar-refractivity contribution in [2.45, 2.75) is 37.0 Å². The van der Waals surface area contributed by atoms with Crippen molar-refractivity contribution in [1.82, 2.24) is 10.2 Å². The summed E-state index contributed by atoms with van der Waals surface area (Å²) in [6.07, 6.45) is 6.81. The van der Waals surface area contributed by atoms with Gasteiger partial charge < -0.3 is 10.1 Å². The van der Waals surface area contributed by atoms with Crippen LogP contribution in [0.25, 0.3) is 0 Å². The van der Waals surface area contributed by atoms with E-state index in [1.165, 1.54) is 19.3 Å². The zero-order valence-electron chi connectivity index (χ0n) is 11.2. The number of hydrogen-bond donors (Lipinski definition) is 1. The molecule has 4 heteroatoms. The van der Waals surface area contributed by atoms with Crippen LogP contribution in [0.4, 0.5) is 0 Å². The third kappa shape index (κ3) is 3.60. The van der Waals surface area contributed by atoms with Crippen molar-refractivity contribution < 1.29 is 4.74 Å². The summed E-state index contributed by atoms with van der Waals surface area (Å²) in [5.74, 6) is 0. The van der Waals surface area contributed by atoms with Crippen LogP contribution in [0.2, 0.25) is 0 Å². The van der Waals surface area contributed by atoms with E-state index in [0.717, 1.165) is 39.3 Å². The van der Waals surface area contributed by atoms with Gasteiger partial charge in [-0.05, 0) is 25.6 Å². The second kappa shape index (κ2) is 6.41. The lowest BCUT2D eigenvalue weighted by atomic mass is 9.84. The summed E-state index contributed by atoms with van der Waals surface area (Å²) < 4.78 is 6.34. The monoisotopic (exact) mass is 258 g/mol. The summed E-state index contributed by atoms with van der Waals surface area (Å²) in [6, 6.07) is 0. The maximum Gasteiger partial charge on any atom is 0.0826 e. The molecule has 1 N–H and O–H groups in total. The van der Waals surface area contributed by atoms with Gasteiger partial charge in [0.2, 0.25) is 0 Å². The molecule has 0 amide bonds. The maximum atomic E-state index is 5.80. The van der Waals surface area contributed by atoms with Gasteiger partial charge in [0.1, 0.15) is 0 Å². The van der Waals surface area contributed by atoms with Crippen LogP contribution in [0.15, 0.2) is 0 Å². The second-order valence-corrected chi connectivity index (χ2v) is 6.53. The van der Waals surface area contributed by atoms with Crippen LogP contribution in [0, 0.1) is 0 Å². The maximum absolute atomic E-state index is 5.80. The van der Waals surface area contributed by atoms with Crippen LogP contribution in [0.1, 0.15) is 26.2 Å². The highest BCUT2D eigenvalue weighted by Crippen LogP contribution is 2.42.